The van der Waals surface area contributed by atoms with Crippen LogP contribution in [0.5, 0.6) is 0 Å². The number of hydrogen-bond donors (Lipinski definition) is 0. The fraction of sp³-hybridized carbons (Fsp3) is 1.00. The Hall–Kier alpha value is -0.0400. The van der Waals surface area contributed by atoms with Gasteiger partial charge < -0.3 is 4.48 Å². The van der Waals surface area contributed by atoms with Crippen molar-refractivity contribution in [1.29, 1.82) is 0 Å². The summed E-state index contributed by atoms with van der Waals surface area (Å²) in [5, 5.41) is 0. The summed E-state index contributed by atoms with van der Waals surface area (Å²) in [6, 6.07) is 1.79. The van der Waals surface area contributed by atoms with E-state index in [2.05, 4.69) is 27.7 Å². The molecular weight excluding hydrogens is 194 g/mol. The molecule has 2 saturated heterocycles. The van der Waals surface area contributed by atoms with Gasteiger partial charge in [-0.15, -0.1) is 0 Å². The first kappa shape index (κ1) is 12.4. The predicted octanol–water partition coefficient (Wildman–Crippen LogP) is 3.83. The summed E-state index contributed by atoms with van der Waals surface area (Å²) in [7, 11) is 0. The standard InChI is InChI=1S/C15H30N/c1-12-8-9-13(2)16(15(4)14(12)3)10-6-5-7-11-16/h12-15H,5-11H2,1-4H3/q+1. The first-order chi connectivity index (χ1) is 7.58. The first-order valence-corrected chi connectivity index (χ1v) is 7.44. The smallest absolute Gasteiger partial charge is 0.0892 e. The molecule has 0 saturated carbocycles. The SMILES string of the molecule is CC1CCC(C)[N+]2(CCCCC2)C(C)C1C. The van der Waals surface area contributed by atoms with Crippen LogP contribution in [0, 0.1) is 11.8 Å². The highest BCUT2D eigenvalue weighted by Crippen LogP contribution is 2.39. The third kappa shape index (κ3) is 1.92. The third-order valence-electron chi connectivity index (χ3n) is 6.04. The van der Waals surface area contributed by atoms with E-state index in [1.165, 1.54) is 49.7 Å². The lowest BCUT2D eigenvalue weighted by atomic mass is 9.86. The molecule has 2 heterocycles. The molecule has 94 valence electrons. The summed E-state index contributed by atoms with van der Waals surface area (Å²) in [5.41, 5.74) is 0. The minimum Gasteiger partial charge on any atom is -0.319 e. The molecule has 1 heteroatoms. The molecule has 1 nitrogen and oxygen atoms in total. The molecule has 0 aliphatic carbocycles. The normalized spacial score (nSPS) is 44.2. The minimum absolute atomic E-state index is 0.882. The van der Waals surface area contributed by atoms with Crippen molar-refractivity contribution >= 4 is 0 Å². The largest absolute Gasteiger partial charge is 0.319 e. The van der Waals surface area contributed by atoms with Crippen molar-refractivity contribution in [2.24, 2.45) is 11.8 Å². The van der Waals surface area contributed by atoms with Crippen LogP contribution in [0.1, 0.15) is 59.8 Å². The van der Waals surface area contributed by atoms with Gasteiger partial charge in [0.05, 0.1) is 25.2 Å². The minimum atomic E-state index is 0.882. The molecule has 0 aromatic rings. The van der Waals surface area contributed by atoms with E-state index in [9.17, 15) is 0 Å². The van der Waals surface area contributed by atoms with Gasteiger partial charge in [0, 0.05) is 5.92 Å². The molecule has 2 fully saturated rings. The van der Waals surface area contributed by atoms with Gasteiger partial charge in [-0.25, -0.2) is 0 Å². The molecule has 4 atom stereocenters. The number of quaternary nitrogens is 1. The monoisotopic (exact) mass is 224 g/mol. The zero-order valence-corrected chi connectivity index (χ0v) is 11.7. The van der Waals surface area contributed by atoms with Crippen molar-refractivity contribution in [3.63, 3.8) is 0 Å². The maximum Gasteiger partial charge on any atom is 0.0892 e. The highest BCUT2D eigenvalue weighted by atomic mass is 15.4. The lowest BCUT2D eigenvalue weighted by Crippen LogP contribution is -2.62. The van der Waals surface area contributed by atoms with E-state index in [-0.39, 0.29) is 0 Å². The van der Waals surface area contributed by atoms with Crippen LogP contribution in [0.2, 0.25) is 0 Å². The van der Waals surface area contributed by atoms with Gasteiger partial charge in [0.25, 0.3) is 0 Å². The van der Waals surface area contributed by atoms with Gasteiger partial charge in [0.1, 0.15) is 0 Å². The van der Waals surface area contributed by atoms with Crippen molar-refractivity contribution < 1.29 is 4.48 Å². The zero-order chi connectivity index (χ0) is 11.8. The Balaban J connectivity index is 2.24. The lowest BCUT2D eigenvalue weighted by Gasteiger charge is -2.51. The fourth-order valence-electron chi connectivity index (χ4n) is 4.32. The van der Waals surface area contributed by atoms with Crippen LogP contribution >= 0.6 is 0 Å². The summed E-state index contributed by atoms with van der Waals surface area (Å²) in [6.07, 6.45) is 7.32. The van der Waals surface area contributed by atoms with Crippen molar-refractivity contribution in [3.8, 4) is 0 Å². The van der Waals surface area contributed by atoms with E-state index in [4.69, 9.17) is 0 Å². The Labute approximate surface area is 102 Å². The van der Waals surface area contributed by atoms with E-state index in [0.717, 1.165) is 23.9 Å². The van der Waals surface area contributed by atoms with Gasteiger partial charge >= 0.3 is 0 Å². The van der Waals surface area contributed by atoms with E-state index in [1.807, 2.05) is 0 Å². The maximum absolute atomic E-state index is 2.54. The van der Waals surface area contributed by atoms with Gasteiger partial charge in [-0.3, -0.25) is 0 Å². The van der Waals surface area contributed by atoms with Gasteiger partial charge in [0.2, 0.25) is 0 Å². The maximum atomic E-state index is 2.54. The highest BCUT2D eigenvalue weighted by Gasteiger charge is 2.45. The summed E-state index contributed by atoms with van der Waals surface area (Å²) >= 11 is 0. The van der Waals surface area contributed by atoms with Gasteiger partial charge in [0.15, 0.2) is 0 Å². The van der Waals surface area contributed by atoms with Crippen molar-refractivity contribution in [2.45, 2.75) is 71.9 Å². The molecule has 2 aliphatic heterocycles. The number of nitrogens with zero attached hydrogens (tertiary/aromatic N) is 1. The summed E-state index contributed by atoms with van der Waals surface area (Å²) < 4.78 is 1.45. The Morgan fingerprint density at radius 1 is 0.812 bits per heavy atom. The second kappa shape index (κ2) is 4.68. The van der Waals surface area contributed by atoms with Crippen LogP contribution in [0.25, 0.3) is 0 Å². The molecule has 0 N–H and O–H groups in total. The van der Waals surface area contributed by atoms with Crippen LogP contribution in [-0.4, -0.2) is 29.7 Å². The molecule has 1 spiro atoms. The summed E-state index contributed by atoms with van der Waals surface area (Å²) in [4.78, 5) is 0. The van der Waals surface area contributed by atoms with E-state index in [1.54, 1.807) is 0 Å². The van der Waals surface area contributed by atoms with Gasteiger partial charge in [-0.1, -0.05) is 13.8 Å². The summed E-state index contributed by atoms with van der Waals surface area (Å²) in [6.45, 7) is 12.9. The lowest BCUT2D eigenvalue weighted by molar-refractivity contribution is -0.976. The van der Waals surface area contributed by atoms with Crippen LogP contribution in [0.3, 0.4) is 0 Å². The fourth-order valence-corrected chi connectivity index (χ4v) is 4.32. The van der Waals surface area contributed by atoms with Crippen molar-refractivity contribution in [1.82, 2.24) is 0 Å². The topological polar surface area (TPSA) is 0 Å². The number of hydrogen-bond acceptors (Lipinski definition) is 0. The Morgan fingerprint density at radius 3 is 2.06 bits per heavy atom. The second-order valence-electron chi connectivity index (χ2n) is 6.61. The molecule has 2 aliphatic rings. The molecular formula is C15H30N+. The van der Waals surface area contributed by atoms with E-state index in [0.29, 0.717) is 0 Å². The molecule has 0 aromatic heterocycles. The average molecular weight is 224 g/mol. The highest BCUT2D eigenvalue weighted by molar-refractivity contribution is 4.78. The van der Waals surface area contributed by atoms with Crippen LogP contribution < -0.4 is 0 Å². The van der Waals surface area contributed by atoms with Crippen LogP contribution in [0.4, 0.5) is 0 Å². The molecule has 0 amide bonds. The van der Waals surface area contributed by atoms with E-state index < -0.39 is 0 Å². The molecule has 16 heavy (non-hydrogen) atoms. The Kier molecular flexibility index (Phi) is 3.63. The molecule has 2 rings (SSSR count). The second-order valence-corrected chi connectivity index (χ2v) is 6.61. The number of rotatable bonds is 0. The number of piperidine rings is 1. The van der Waals surface area contributed by atoms with Crippen LogP contribution in [0.15, 0.2) is 0 Å². The van der Waals surface area contributed by atoms with E-state index >= 15 is 0 Å². The van der Waals surface area contributed by atoms with Gasteiger partial charge in [-0.05, 0) is 51.9 Å². The molecule has 0 bridgehead atoms. The van der Waals surface area contributed by atoms with Crippen molar-refractivity contribution in [2.75, 3.05) is 13.1 Å². The van der Waals surface area contributed by atoms with Crippen molar-refractivity contribution in [3.05, 3.63) is 0 Å². The average Bonchev–Trinajstić information content (AvgIpc) is 2.39. The Morgan fingerprint density at radius 2 is 1.44 bits per heavy atom. The quantitative estimate of drug-likeness (QED) is 0.549. The van der Waals surface area contributed by atoms with Crippen LogP contribution in [-0.2, 0) is 0 Å². The summed E-state index contributed by atoms with van der Waals surface area (Å²) in [5.74, 6) is 1.83. The van der Waals surface area contributed by atoms with Gasteiger partial charge in [-0.2, -0.15) is 0 Å². The molecule has 0 radical (unpaired) electrons. The Bertz CT molecular complexity index is 230. The predicted molar refractivity (Wildman–Crippen MR) is 70.3 cm³/mol. The third-order valence-corrected chi connectivity index (χ3v) is 6.04. The first-order valence-electron chi connectivity index (χ1n) is 7.44. The molecule has 4 unspecified atom stereocenters. The zero-order valence-electron chi connectivity index (χ0n) is 11.7. The molecule has 0 aromatic carbocycles.